The van der Waals surface area contributed by atoms with Gasteiger partial charge in [-0.3, -0.25) is 14.9 Å². The van der Waals surface area contributed by atoms with Gasteiger partial charge in [0.15, 0.2) is 0 Å². The van der Waals surface area contributed by atoms with Crippen LogP contribution in [-0.4, -0.2) is 47.5 Å². The van der Waals surface area contributed by atoms with Crippen molar-refractivity contribution in [3.05, 3.63) is 50.2 Å². The molecule has 0 saturated carbocycles. The molecule has 0 atom stereocenters. The lowest BCUT2D eigenvalue weighted by Gasteiger charge is -2.27. The number of nitrogens with one attached hydrogen (secondary N) is 2. The quantitative estimate of drug-likeness (QED) is 0.619. The maximum absolute atomic E-state index is 13.5. The number of hydrogen-bond donors (Lipinski definition) is 2. The molecule has 25 heavy (non-hydrogen) atoms. The van der Waals surface area contributed by atoms with Gasteiger partial charge in [0.2, 0.25) is 0 Å². The zero-order valence-corrected chi connectivity index (χ0v) is 14.4. The summed E-state index contributed by atoms with van der Waals surface area (Å²) in [6.45, 7) is 4.86. The molecule has 1 fully saturated rings. The van der Waals surface area contributed by atoms with Gasteiger partial charge in [-0.1, -0.05) is 0 Å². The molecule has 0 amide bonds. The predicted molar refractivity (Wildman–Crippen MR) is 96.1 cm³/mol. The molecule has 1 aliphatic rings. The van der Waals surface area contributed by atoms with Crippen LogP contribution in [0.25, 0.3) is 10.8 Å². The van der Waals surface area contributed by atoms with Crippen molar-refractivity contribution in [3.8, 4) is 0 Å². The minimum Gasteiger partial charge on any atom is -0.326 e. The van der Waals surface area contributed by atoms with E-state index in [1.54, 1.807) is 6.07 Å². The fraction of sp³-hybridized carbons (Fsp3) is 0.438. The van der Waals surface area contributed by atoms with E-state index in [2.05, 4.69) is 15.2 Å². The van der Waals surface area contributed by atoms with E-state index in [0.717, 1.165) is 51.3 Å². The van der Waals surface area contributed by atoms with Gasteiger partial charge in [-0.2, -0.15) is 0 Å². The third-order valence-corrected chi connectivity index (χ3v) is 4.29. The van der Waals surface area contributed by atoms with Crippen LogP contribution in [0.2, 0.25) is 0 Å². The van der Waals surface area contributed by atoms with Crippen LogP contribution in [-0.2, 0) is 6.42 Å². The lowest BCUT2D eigenvalue weighted by molar-refractivity contribution is -0.383. The highest BCUT2D eigenvalue weighted by Gasteiger charge is 2.17. The number of aromatic nitrogens is 1. The van der Waals surface area contributed by atoms with Gasteiger partial charge >= 0.3 is 0 Å². The van der Waals surface area contributed by atoms with Gasteiger partial charge in [-0.15, -0.1) is 12.4 Å². The number of piperazine rings is 1. The number of benzene rings is 1. The second-order valence-electron chi connectivity index (χ2n) is 5.96. The van der Waals surface area contributed by atoms with E-state index < -0.39 is 16.3 Å². The molecule has 9 heteroatoms. The molecule has 0 bridgehead atoms. The number of nitro groups is 1. The fourth-order valence-electron chi connectivity index (χ4n) is 3.08. The van der Waals surface area contributed by atoms with Gasteiger partial charge in [0.1, 0.15) is 5.82 Å². The smallest absolute Gasteiger partial charge is 0.280 e. The summed E-state index contributed by atoms with van der Waals surface area (Å²) in [4.78, 5) is 27.6. The second-order valence-corrected chi connectivity index (χ2v) is 5.96. The molecule has 1 aromatic heterocycles. The summed E-state index contributed by atoms with van der Waals surface area (Å²) < 4.78 is 13.5. The minimum atomic E-state index is -0.786. The first-order chi connectivity index (χ1) is 11.5. The van der Waals surface area contributed by atoms with Crippen molar-refractivity contribution in [1.29, 1.82) is 0 Å². The van der Waals surface area contributed by atoms with E-state index in [0.29, 0.717) is 12.1 Å². The average molecular weight is 371 g/mol. The summed E-state index contributed by atoms with van der Waals surface area (Å²) in [6, 6.07) is 3.48. The predicted octanol–water partition coefficient (Wildman–Crippen LogP) is 1.83. The highest BCUT2D eigenvalue weighted by atomic mass is 35.5. The van der Waals surface area contributed by atoms with Gasteiger partial charge < -0.3 is 15.2 Å². The van der Waals surface area contributed by atoms with E-state index in [1.807, 2.05) is 0 Å². The number of pyridine rings is 1. The molecule has 7 nitrogen and oxygen atoms in total. The Hall–Kier alpha value is -2.03. The summed E-state index contributed by atoms with van der Waals surface area (Å²) in [6.07, 6.45) is 1.46. The SMILES string of the molecule is Cl.O=c1[nH]c(CCCN2CCNCC2)cc2c([N+](=O)[O-])cc(F)cc12. The van der Waals surface area contributed by atoms with Crippen molar-refractivity contribution >= 4 is 28.9 Å². The number of halogens is 2. The maximum Gasteiger partial charge on any atom is 0.280 e. The number of non-ortho nitro benzene ring substituents is 1. The molecule has 1 saturated heterocycles. The number of hydrogen-bond acceptors (Lipinski definition) is 5. The summed E-state index contributed by atoms with van der Waals surface area (Å²) in [5.41, 5.74) is -0.232. The molecule has 0 radical (unpaired) electrons. The molecule has 0 spiro atoms. The van der Waals surface area contributed by atoms with Gasteiger partial charge in [0.25, 0.3) is 11.2 Å². The number of H-pyrrole nitrogens is 1. The van der Waals surface area contributed by atoms with Crippen LogP contribution >= 0.6 is 12.4 Å². The zero-order chi connectivity index (χ0) is 17.1. The summed E-state index contributed by atoms with van der Waals surface area (Å²) in [5.74, 6) is -0.786. The van der Waals surface area contributed by atoms with Crippen molar-refractivity contribution in [2.75, 3.05) is 32.7 Å². The first-order valence-corrected chi connectivity index (χ1v) is 7.97. The fourth-order valence-corrected chi connectivity index (χ4v) is 3.08. The summed E-state index contributed by atoms with van der Waals surface area (Å²) in [5, 5.41) is 14.6. The Morgan fingerprint density at radius 2 is 1.92 bits per heavy atom. The second kappa shape index (κ2) is 8.37. The van der Waals surface area contributed by atoms with Crippen LogP contribution in [0.3, 0.4) is 0 Å². The van der Waals surface area contributed by atoms with Crippen molar-refractivity contribution in [2.24, 2.45) is 0 Å². The number of nitrogens with zero attached hydrogens (tertiary/aromatic N) is 2. The zero-order valence-electron chi connectivity index (χ0n) is 13.6. The molecule has 1 aromatic carbocycles. The first kappa shape index (κ1) is 19.3. The molecule has 2 N–H and O–H groups in total. The highest BCUT2D eigenvalue weighted by molar-refractivity contribution is 5.90. The van der Waals surface area contributed by atoms with E-state index >= 15 is 0 Å². The van der Waals surface area contributed by atoms with Gasteiger partial charge in [0, 0.05) is 31.9 Å². The average Bonchev–Trinajstić information content (AvgIpc) is 2.56. The molecular weight excluding hydrogens is 351 g/mol. The van der Waals surface area contributed by atoms with Crippen molar-refractivity contribution in [2.45, 2.75) is 12.8 Å². The molecule has 0 aliphatic carbocycles. The lowest BCUT2D eigenvalue weighted by Crippen LogP contribution is -2.43. The Balaban J connectivity index is 0.00000225. The van der Waals surface area contributed by atoms with Crippen LogP contribution in [0, 0.1) is 15.9 Å². The molecule has 2 aromatic rings. The van der Waals surface area contributed by atoms with Gasteiger partial charge in [-0.25, -0.2) is 4.39 Å². The van der Waals surface area contributed by atoms with E-state index in [9.17, 15) is 19.3 Å². The normalized spacial score (nSPS) is 15.1. The molecule has 136 valence electrons. The monoisotopic (exact) mass is 370 g/mol. The Morgan fingerprint density at radius 3 is 2.60 bits per heavy atom. The topological polar surface area (TPSA) is 91.3 Å². The van der Waals surface area contributed by atoms with Crippen LogP contribution in [0.1, 0.15) is 12.1 Å². The Labute approximate surface area is 149 Å². The standard InChI is InChI=1S/C16H19FN4O3.ClH/c17-11-8-14-13(15(9-11)21(23)24)10-12(19-16(14)22)2-1-5-20-6-3-18-4-7-20;/h8-10,18H,1-7H2,(H,19,22);1H. The summed E-state index contributed by atoms with van der Waals surface area (Å²) in [7, 11) is 0. The largest absolute Gasteiger partial charge is 0.326 e. The molecule has 0 unspecified atom stereocenters. The van der Waals surface area contributed by atoms with Gasteiger partial charge in [-0.05, 0) is 31.5 Å². The Kier molecular flexibility index (Phi) is 6.46. The highest BCUT2D eigenvalue weighted by Crippen LogP contribution is 2.25. The number of fused-ring (bicyclic) bond motifs is 1. The van der Waals surface area contributed by atoms with Crippen LogP contribution in [0.5, 0.6) is 0 Å². The van der Waals surface area contributed by atoms with Crippen LogP contribution in [0.15, 0.2) is 23.0 Å². The van der Waals surface area contributed by atoms with Crippen LogP contribution in [0.4, 0.5) is 10.1 Å². The number of aryl methyl sites for hydroxylation is 1. The van der Waals surface area contributed by atoms with E-state index in [4.69, 9.17) is 0 Å². The molecule has 3 rings (SSSR count). The van der Waals surface area contributed by atoms with Crippen molar-refractivity contribution in [1.82, 2.24) is 15.2 Å². The summed E-state index contributed by atoms with van der Waals surface area (Å²) >= 11 is 0. The Bertz CT molecular complexity index is 821. The van der Waals surface area contributed by atoms with E-state index in [1.165, 1.54) is 0 Å². The first-order valence-electron chi connectivity index (χ1n) is 7.97. The molecule has 2 heterocycles. The van der Waals surface area contributed by atoms with Crippen molar-refractivity contribution in [3.63, 3.8) is 0 Å². The lowest BCUT2D eigenvalue weighted by atomic mass is 10.1. The number of rotatable bonds is 5. The molecule has 1 aliphatic heterocycles. The van der Waals surface area contributed by atoms with E-state index in [-0.39, 0.29) is 28.9 Å². The third-order valence-electron chi connectivity index (χ3n) is 4.29. The number of aromatic amines is 1. The number of nitro benzene ring substituents is 1. The Morgan fingerprint density at radius 1 is 1.20 bits per heavy atom. The van der Waals surface area contributed by atoms with Crippen LogP contribution < -0.4 is 10.9 Å². The minimum absolute atomic E-state index is 0. The molecular formula is C16H20ClFN4O3. The van der Waals surface area contributed by atoms with Crippen molar-refractivity contribution < 1.29 is 9.31 Å². The third kappa shape index (κ3) is 4.53. The van der Waals surface area contributed by atoms with Gasteiger partial charge in [0.05, 0.1) is 21.8 Å². The maximum atomic E-state index is 13.5.